The Balaban J connectivity index is 2.47. The van der Waals surface area contributed by atoms with Crippen LogP contribution in [-0.4, -0.2) is 18.7 Å². The average Bonchev–Trinajstić information content (AvgIpc) is 2.97. The summed E-state index contributed by atoms with van der Waals surface area (Å²) in [5.74, 6) is 0.188. The van der Waals surface area contributed by atoms with E-state index in [2.05, 4.69) is 4.98 Å². The lowest BCUT2D eigenvalue weighted by molar-refractivity contribution is 0.488. The van der Waals surface area contributed by atoms with Crippen LogP contribution >= 0.6 is 0 Å². The number of hydrogen-bond acceptors (Lipinski definition) is 3. The van der Waals surface area contributed by atoms with Gasteiger partial charge in [-0.05, 0) is 38.3 Å². The molecule has 0 saturated heterocycles. The third-order valence-corrected chi connectivity index (χ3v) is 4.38. The topological polar surface area (TPSA) is 61.8 Å². The zero-order valence-electron chi connectivity index (χ0n) is 15.4. The summed E-state index contributed by atoms with van der Waals surface area (Å²) in [6, 6.07) is 5.91. The summed E-state index contributed by atoms with van der Waals surface area (Å²) in [4.78, 5) is 30.5. The summed E-state index contributed by atoms with van der Waals surface area (Å²) in [5, 5.41) is 0. The molecule has 0 aliphatic rings. The van der Waals surface area contributed by atoms with Crippen LogP contribution in [0, 0.1) is 19.8 Å². The van der Waals surface area contributed by atoms with E-state index in [9.17, 15) is 9.59 Å². The molecule has 0 N–H and O–H groups in total. The van der Waals surface area contributed by atoms with Crippen molar-refractivity contribution in [2.24, 2.45) is 5.92 Å². The van der Waals surface area contributed by atoms with Gasteiger partial charge in [-0.25, -0.2) is 14.3 Å². The van der Waals surface area contributed by atoms with Gasteiger partial charge >= 0.3 is 5.69 Å². The number of imidazole rings is 1. The first kappa shape index (κ1) is 17.2. The first-order chi connectivity index (χ1) is 11.8. The maximum Gasteiger partial charge on any atom is 0.337 e. The fourth-order valence-electron chi connectivity index (χ4n) is 3.22. The van der Waals surface area contributed by atoms with Gasteiger partial charge in [0.05, 0.1) is 12.0 Å². The number of aryl methyl sites for hydroxylation is 3. The summed E-state index contributed by atoms with van der Waals surface area (Å²) in [5.41, 5.74) is 3.16. The van der Waals surface area contributed by atoms with E-state index in [4.69, 9.17) is 0 Å². The van der Waals surface area contributed by atoms with Crippen LogP contribution in [0.25, 0.3) is 16.9 Å². The van der Waals surface area contributed by atoms with E-state index in [1.165, 1.54) is 4.57 Å². The molecule has 0 saturated carbocycles. The van der Waals surface area contributed by atoms with E-state index in [0.717, 1.165) is 16.8 Å². The Hall–Kier alpha value is -2.63. The number of aromatic nitrogens is 4. The third kappa shape index (κ3) is 2.81. The minimum atomic E-state index is -0.334. The van der Waals surface area contributed by atoms with Gasteiger partial charge in [-0.3, -0.25) is 9.36 Å². The van der Waals surface area contributed by atoms with Crippen molar-refractivity contribution in [1.82, 2.24) is 18.7 Å². The van der Waals surface area contributed by atoms with Crippen molar-refractivity contribution in [2.75, 3.05) is 0 Å². The van der Waals surface area contributed by atoms with E-state index < -0.39 is 0 Å². The normalized spacial score (nSPS) is 11.6. The molecule has 6 nitrogen and oxygen atoms in total. The number of benzene rings is 1. The van der Waals surface area contributed by atoms with Crippen molar-refractivity contribution < 1.29 is 0 Å². The van der Waals surface area contributed by atoms with Crippen molar-refractivity contribution in [3.8, 4) is 5.69 Å². The monoisotopic (exact) mass is 340 g/mol. The highest BCUT2D eigenvalue weighted by atomic mass is 16.2. The number of fused-ring (bicyclic) bond motifs is 1. The molecule has 3 rings (SSSR count). The van der Waals surface area contributed by atoms with Crippen LogP contribution in [0.15, 0.2) is 34.1 Å². The molecule has 0 aliphatic heterocycles. The Morgan fingerprint density at radius 2 is 1.88 bits per heavy atom. The molecule has 3 aromatic rings. The van der Waals surface area contributed by atoms with Gasteiger partial charge < -0.3 is 4.57 Å². The molecule has 0 bridgehead atoms. The largest absolute Gasteiger partial charge is 0.337 e. The summed E-state index contributed by atoms with van der Waals surface area (Å²) in [6.07, 6.45) is 1.63. The van der Waals surface area contributed by atoms with Gasteiger partial charge in [-0.15, -0.1) is 0 Å². The number of rotatable bonds is 4. The van der Waals surface area contributed by atoms with Crippen LogP contribution in [0.1, 0.15) is 31.9 Å². The second-order valence-corrected chi connectivity index (χ2v) is 6.92. The SMILES string of the molecule is CCn1cnc2c1c(=O)n(CC(C)C)c(=O)n2-c1ccc(C)cc1C. The maximum atomic E-state index is 13.2. The van der Waals surface area contributed by atoms with Crippen LogP contribution in [0.3, 0.4) is 0 Å². The molecular weight excluding hydrogens is 316 g/mol. The van der Waals surface area contributed by atoms with Gasteiger partial charge in [-0.2, -0.15) is 0 Å². The second-order valence-electron chi connectivity index (χ2n) is 6.92. The summed E-state index contributed by atoms with van der Waals surface area (Å²) < 4.78 is 4.70. The van der Waals surface area contributed by atoms with Crippen molar-refractivity contribution in [2.45, 2.75) is 47.7 Å². The minimum Gasteiger partial charge on any atom is -0.325 e. The zero-order valence-corrected chi connectivity index (χ0v) is 15.4. The lowest BCUT2D eigenvalue weighted by atomic mass is 10.1. The Labute approximate surface area is 146 Å². The van der Waals surface area contributed by atoms with Gasteiger partial charge in [0.25, 0.3) is 5.56 Å². The molecule has 0 spiro atoms. The number of hydrogen-bond donors (Lipinski definition) is 0. The fourth-order valence-corrected chi connectivity index (χ4v) is 3.22. The zero-order chi connectivity index (χ0) is 18.3. The van der Waals surface area contributed by atoms with E-state index >= 15 is 0 Å². The molecule has 0 atom stereocenters. The average molecular weight is 340 g/mol. The van der Waals surface area contributed by atoms with Gasteiger partial charge in [0.1, 0.15) is 0 Å². The molecule has 0 amide bonds. The van der Waals surface area contributed by atoms with Gasteiger partial charge in [-0.1, -0.05) is 31.5 Å². The lowest BCUT2D eigenvalue weighted by Crippen LogP contribution is -2.41. The number of nitrogens with zero attached hydrogens (tertiary/aromatic N) is 4. The van der Waals surface area contributed by atoms with E-state index in [0.29, 0.717) is 24.3 Å². The van der Waals surface area contributed by atoms with Crippen molar-refractivity contribution >= 4 is 11.2 Å². The first-order valence-corrected chi connectivity index (χ1v) is 8.63. The quantitative estimate of drug-likeness (QED) is 0.733. The second kappa shape index (κ2) is 6.35. The lowest BCUT2D eigenvalue weighted by Gasteiger charge is -2.15. The van der Waals surface area contributed by atoms with Crippen molar-refractivity contribution in [3.63, 3.8) is 0 Å². The van der Waals surface area contributed by atoms with Gasteiger partial charge in [0.2, 0.25) is 0 Å². The standard InChI is InChI=1S/C19H24N4O2/c1-6-21-11-20-17-16(21)18(24)22(10-12(2)3)19(25)23(17)15-8-7-13(4)9-14(15)5/h7-9,11-12H,6,10H2,1-5H3. The predicted molar refractivity (Wildman–Crippen MR) is 99.6 cm³/mol. The Morgan fingerprint density at radius 1 is 1.16 bits per heavy atom. The Bertz CT molecular complexity index is 1050. The molecular formula is C19H24N4O2. The van der Waals surface area contributed by atoms with Gasteiger partial charge in [0, 0.05) is 13.1 Å². The highest BCUT2D eigenvalue weighted by molar-refractivity contribution is 5.72. The third-order valence-electron chi connectivity index (χ3n) is 4.38. The first-order valence-electron chi connectivity index (χ1n) is 8.63. The Morgan fingerprint density at radius 3 is 2.48 bits per heavy atom. The van der Waals surface area contributed by atoms with Crippen LogP contribution in [-0.2, 0) is 13.1 Å². The van der Waals surface area contributed by atoms with Crippen LogP contribution < -0.4 is 11.2 Å². The molecule has 0 aliphatic carbocycles. The molecule has 132 valence electrons. The van der Waals surface area contributed by atoms with E-state index in [1.54, 1.807) is 15.5 Å². The highest BCUT2D eigenvalue weighted by Crippen LogP contribution is 2.18. The highest BCUT2D eigenvalue weighted by Gasteiger charge is 2.20. The van der Waals surface area contributed by atoms with E-state index in [-0.39, 0.29) is 17.2 Å². The molecule has 2 aromatic heterocycles. The van der Waals surface area contributed by atoms with E-state index in [1.807, 2.05) is 52.8 Å². The molecule has 2 heterocycles. The van der Waals surface area contributed by atoms with Crippen LogP contribution in [0.4, 0.5) is 0 Å². The van der Waals surface area contributed by atoms with Crippen molar-refractivity contribution in [1.29, 1.82) is 0 Å². The molecule has 25 heavy (non-hydrogen) atoms. The summed E-state index contributed by atoms with van der Waals surface area (Å²) in [7, 11) is 0. The summed E-state index contributed by atoms with van der Waals surface area (Å²) >= 11 is 0. The Kier molecular flexibility index (Phi) is 4.37. The minimum absolute atomic E-state index is 0.188. The molecule has 1 aromatic carbocycles. The molecule has 0 fully saturated rings. The maximum absolute atomic E-state index is 13.2. The smallest absolute Gasteiger partial charge is 0.325 e. The fraction of sp³-hybridized carbons (Fsp3) is 0.421. The van der Waals surface area contributed by atoms with Gasteiger partial charge in [0.15, 0.2) is 11.2 Å². The van der Waals surface area contributed by atoms with Crippen LogP contribution in [0.2, 0.25) is 0 Å². The summed E-state index contributed by atoms with van der Waals surface area (Å²) in [6.45, 7) is 10.9. The van der Waals surface area contributed by atoms with Crippen molar-refractivity contribution in [3.05, 3.63) is 56.5 Å². The molecule has 0 radical (unpaired) electrons. The molecule has 0 unspecified atom stereocenters. The predicted octanol–water partition coefficient (Wildman–Crippen LogP) is 2.64. The van der Waals surface area contributed by atoms with Crippen LogP contribution in [0.5, 0.6) is 0 Å². The molecule has 6 heteroatoms.